The van der Waals surface area contributed by atoms with Gasteiger partial charge in [0.1, 0.15) is 0 Å². The fourth-order valence-corrected chi connectivity index (χ4v) is 1.91. The standard InChI is InChI=1S/C13H13Cl2N5.ClH/c1-7-5-8(2)18-13(17-7)20-12(16)19-9-3-4-10(14)11(15)6-9;/h3-6H,1-2H3,(H3,16,17,18,19,20);1H. The van der Waals surface area contributed by atoms with Gasteiger partial charge in [0.2, 0.25) is 5.96 Å². The summed E-state index contributed by atoms with van der Waals surface area (Å²) < 4.78 is 0. The lowest BCUT2D eigenvalue weighted by Gasteiger charge is -2.06. The molecule has 0 fully saturated rings. The van der Waals surface area contributed by atoms with Gasteiger partial charge in [0.25, 0.3) is 5.95 Å². The molecule has 0 spiro atoms. The maximum absolute atomic E-state index is 5.92. The highest BCUT2D eigenvalue weighted by atomic mass is 35.5. The van der Waals surface area contributed by atoms with Crippen molar-refractivity contribution in [1.82, 2.24) is 9.97 Å². The summed E-state index contributed by atoms with van der Waals surface area (Å²) in [6, 6.07) is 6.95. The quantitative estimate of drug-likeness (QED) is 0.639. The van der Waals surface area contributed by atoms with Gasteiger partial charge in [-0.1, -0.05) is 23.2 Å². The molecule has 0 radical (unpaired) electrons. The first-order valence-electron chi connectivity index (χ1n) is 5.82. The molecule has 8 heteroatoms. The van der Waals surface area contributed by atoms with Gasteiger partial charge in [0.05, 0.1) is 10.0 Å². The molecule has 2 aromatic rings. The van der Waals surface area contributed by atoms with Crippen molar-refractivity contribution in [1.29, 1.82) is 0 Å². The third-order valence-corrected chi connectivity index (χ3v) is 3.12. The number of aromatic nitrogens is 2. The van der Waals surface area contributed by atoms with Gasteiger partial charge >= 0.3 is 0 Å². The minimum atomic E-state index is 0. The van der Waals surface area contributed by atoms with Crippen LogP contribution in [0.3, 0.4) is 0 Å². The highest BCUT2D eigenvalue weighted by molar-refractivity contribution is 6.42. The Labute approximate surface area is 139 Å². The summed E-state index contributed by atoms with van der Waals surface area (Å²) in [4.78, 5) is 12.5. The van der Waals surface area contributed by atoms with Gasteiger partial charge in [-0.05, 0) is 38.1 Å². The van der Waals surface area contributed by atoms with Crippen LogP contribution in [0.25, 0.3) is 0 Å². The summed E-state index contributed by atoms with van der Waals surface area (Å²) in [6.07, 6.45) is 0. The molecule has 0 unspecified atom stereocenters. The molecule has 1 aromatic carbocycles. The zero-order valence-electron chi connectivity index (χ0n) is 11.4. The molecular weight excluding hydrogens is 333 g/mol. The maximum Gasteiger partial charge on any atom is 0.253 e. The van der Waals surface area contributed by atoms with Gasteiger partial charge in [-0.25, -0.2) is 9.97 Å². The van der Waals surface area contributed by atoms with Crippen LogP contribution in [0.2, 0.25) is 10.0 Å². The lowest BCUT2D eigenvalue weighted by atomic mass is 10.3. The van der Waals surface area contributed by atoms with Gasteiger partial charge in [0.15, 0.2) is 0 Å². The Morgan fingerprint density at radius 3 is 2.29 bits per heavy atom. The van der Waals surface area contributed by atoms with Gasteiger partial charge in [-0.2, -0.15) is 4.99 Å². The van der Waals surface area contributed by atoms with E-state index in [1.165, 1.54) is 0 Å². The Kier molecular flexibility index (Phi) is 6.20. The van der Waals surface area contributed by atoms with E-state index in [9.17, 15) is 0 Å². The number of aryl methyl sites for hydroxylation is 2. The molecule has 2 rings (SSSR count). The molecule has 0 atom stereocenters. The number of nitrogens with two attached hydrogens (primary N) is 1. The second-order valence-electron chi connectivity index (χ2n) is 4.20. The third-order valence-electron chi connectivity index (χ3n) is 2.38. The molecule has 21 heavy (non-hydrogen) atoms. The molecule has 1 aromatic heterocycles. The summed E-state index contributed by atoms with van der Waals surface area (Å²) in [7, 11) is 0. The van der Waals surface area contributed by atoms with E-state index in [0.29, 0.717) is 21.7 Å². The Balaban J connectivity index is 0.00000220. The largest absolute Gasteiger partial charge is 0.369 e. The highest BCUT2D eigenvalue weighted by Crippen LogP contribution is 2.24. The predicted molar refractivity (Wildman–Crippen MR) is 90.1 cm³/mol. The number of nitrogens with one attached hydrogen (secondary N) is 1. The van der Waals surface area contributed by atoms with Gasteiger partial charge < -0.3 is 11.1 Å². The molecule has 0 aliphatic carbocycles. The van der Waals surface area contributed by atoms with E-state index in [2.05, 4.69) is 20.3 Å². The zero-order valence-corrected chi connectivity index (χ0v) is 13.7. The summed E-state index contributed by atoms with van der Waals surface area (Å²) in [5.74, 6) is 0.487. The first-order valence-corrected chi connectivity index (χ1v) is 6.58. The highest BCUT2D eigenvalue weighted by Gasteiger charge is 2.02. The monoisotopic (exact) mass is 345 g/mol. The van der Waals surface area contributed by atoms with Crippen molar-refractivity contribution in [2.45, 2.75) is 13.8 Å². The number of hydrogen-bond donors (Lipinski definition) is 2. The Morgan fingerprint density at radius 1 is 1.10 bits per heavy atom. The number of halogens is 3. The molecule has 0 saturated heterocycles. The van der Waals surface area contributed by atoms with E-state index >= 15 is 0 Å². The van der Waals surface area contributed by atoms with Crippen LogP contribution < -0.4 is 11.1 Å². The van der Waals surface area contributed by atoms with Crippen molar-refractivity contribution in [3.05, 3.63) is 45.7 Å². The zero-order chi connectivity index (χ0) is 14.7. The average molecular weight is 347 g/mol. The number of benzene rings is 1. The molecule has 0 bridgehead atoms. The molecular formula is C13H14Cl3N5. The molecule has 1 heterocycles. The fourth-order valence-electron chi connectivity index (χ4n) is 1.61. The first kappa shape index (κ1) is 17.5. The third kappa shape index (κ3) is 5.04. The van der Waals surface area contributed by atoms with Gasteiger partial charge in [-0.15, -0.1) is 12.4 Å². The van der Waals surface area contributed by atoms with E-state index in [1.807, 2.05) is 19.9 Å². The van der Waals surface area contributed by atoms with E-state index in [0.717, 1.165) is 11.4 Å². The minimum absolute atomic E-state index is 0. The molecule has 0 saturated carbocycles. The van der Waals surface area contributed by atoms with Crippen LogP contribution in [-0.4, -0.2) is 15.9 Å². The topological polar surface area (TPSA) is 76.2 Å². The van der Waals surface area contributed by atoms with E-state index in [1.54, 1.807) is 18.2 Å². The van der Waals surface area contributed by atoms with Crippen LogP contribution in [0.4, 0.5) is 11.6 Å². The SMILES string of the molecule is Cc1cc(C)nc(N=C(N)Nc2ccc(Cl)c(Cl)c2)n1.Cl. The van der Waals surface area contributed by atoms with E-state index < -0.39 is 0 Å². The number of rotatable bonds is 2. The molecule has 0 aliphatic rings. The van der Waals surface area contributed by atoms with Crippen LogP contribution in [0.1, 0.15) is 11.4 Å². The van der Waals surface area contributed by atoms with Crippen LogP contribution in [-0.2, 0) is 0 Å². The normalized spacial score (nSPS) is 11.0. The summed E-state index contributed by atoms with van der Waals surface area (Å²) in [6.45, 7) is 3.74. The van der Waals surface area contributed by atoms with Crippen molar-refractivity contribution >= 4 is 53.2 Å². The van der Waals surface area contributed by atoms with Crippen molar-refractivity contribution in [3.63, 3.8) is 0 Å². The van der Waals surface area contributed by atoms with Crippen molar-refractivity contribution < 1.29 is 0 Å². The second kappa shape index (κ2) is 7.45. The molecule has 3 N–H and O–H groups in total. The van der Waals surface area contributed by atoms with Crippen molar-refractivity contribution in [3.8, 4) is 0 Å². The molecule has 0 amide bonds. The van der Waals surface area contributed by atoms with Crippen molar-refractivity contribution in [2.24, 2.45) is 10.7 Å². The fraction of sp³-hybridized carbons (Fsp3) is 0.154. The number of guanidine groups is 1. The summed E-state index contributed by atoms with van der Waals surface area (Å²) in [5.41, 5.74) is 8.16. The van der Waals surface area contributed by atoms with Crippen LogP contribution in [0.5, 0.6) is 0 Å². The Morgan fingerprint density at radius 2 is 1.71 bits per heavy atom. The number of nitrogens with zero attached hydrogens (tertiary/aromatic N) is 3. The van der Waals surface area contributed by atoms with Gasteiger partial charge in [0, 0.05) is 17.1 Å². The summed E-state index contributed by atoms with van der Waals surface area (Å²) >= 11 is 11.8. The number of aliphatic imine (C=N–C) groups is 1. The van der Waals surface area contributed by atoms with E-state index in [-0.39, 0.29) is 18.4 Å². The summed E-state index contributed by atoms with van der Waals surface area (Å²) in [5, 5.41) is 3.82. The molecule has 112 valence electrons. The smallest absolute Gasteiger partial charge is 0.253 e. The first-order chi connectivity index (χ1) is 9.44. The Bertz CT molecular complexity index is 653. The lowest BCUT2D eigenvalue weighted by molar-refractivity contribution is 1.04. The number of hydrogen-bond acceptors (Lipinski definition) is 3. The minimum Gasteiger partial charge on any atom is -0.369 e. The van der Waals surface area contributed by atoms with Crippen LogP contribution in [0, 0.1) is 13.8 Å². The van der Waals surface area contributed by atoms with E-state index in [4.69, 9.17) is 28.9 Å². The average Bonchev–Trinajstić information content (AvgIpc) is 2.32. The van der Waals surface area contributed by atoms with Crippen LogP contribution in [0.15, 0.2) is 29.3 Å². The van der Waals surface area contributed by atoms with Gasteiger partial charge in [-0.3, -0.25) is 0 Å². The molecule has 0 aliphatic heterocycles. The number of anilines is 1. The Hall–Kier alpha value is -1.56. The predicted octanol–water partition coefficient (Wildman–Crippen LogP) is 3.88. The second-order valence-corrected chi connectivity index (χ2v) is 5.02. The molecule has 5 nitrogen and oxygen atoms in total. The lowest BCUT2D eigenvalue weighted by Crippen LogP contribution is -2.22. The van der Waals surface area contributed by atoms with Crippen molar-refractivity contribution in [2.75, 3.05) is 5.32 Å². The maximum atomic E-state index is 5.92. The van der Waals surface area contributed by atoms with Crippen LogP contribution >= 0.6 is 35.6 Å².